The third-order valence-electron chi connectivity index (χ3n) is 2.07. The Morgan fingerprint density at radius 1 is 1.06 bits per heavy atom. The van der Waals surface area contributed by atoms with Gasteiger partial charge < -0.3 is 11.1 Å². The van der Waals surface area contributed by atoms with E-state index in [1.54, 1.807) is 6.20 Å². The Labute approximate surface area is 124 Å². The molecule has 0 unspecified atom stereocenters. The Balaban J connectivity index is 2.31. The van der Waals surface area contributed by atoms with E-state index >= 15 is 0 Å². The molecule has 1 aromatic carbocycles. The average molecular weight is 422 g/mol. The lowest BCUT2D eigenvalue weighted by Crippen LogP contribution is -1.99. The summed E-state index contributed by atoms with van der Waals surface area (Å²) in [7, 11) is 0. The summed E-state index contributed by atoms with van der Waals surface area (Å²) < 4.78 is 2.80. The molecular weight excluding hydrogens is 414 g/mol. The van der Waals surface area contributed by atoms with E-state index in [2.05, 4.69) is 58.1 Å². The number of pyridine rings is 1. The summed E-state index contributed by atoms with van der Waals surface area (Å²) in [6.07, 6.45) is 1.70. The van der Waals surface area contributed by atoms with E-state index in [-0.39, 0.29) is 0 Å². The molecule has 3 nitrogen and oxygen atoms in total. The topological polar surface area (TPSA) is 50.9 Å². The second-order valence-corrected chi connectivity index (χ2v) is 6.03. The standard InChI is InChI=1S/C11H8Br3N3/c12-6-1-2-10(8(14)3-6)17-11-9(15)4-7(13)5-16-11/h1-5H,15H2,(H,16,17). The minimum absolute atomic E-state index is 0.592. The van der Waals surface area contributed by atoms with Crippen LogP contribution in [0.15, 0.2) is 43.9 Å². The summed E-state index contributed by atoms with van der Waals surface area (Å²) >= 11 is 10.2. The number of benzene rings is 1. The van der Waals surface area contributed by atoms with Gasteiger partial charge in [0.2, 0.25) is 0 Å². The molecule has 0 aliphatic heterocycles. The summed E-state index contributed by atoms with van der Waals surface area (Å²) in [6.45, 7) is 0. The maximum absolute atomic E-state index is 5.87. The van der Waals surface area contributed by atoms with Crippen LogP contribution in [-0.4, -0.2) is 4.98 Å². The van der Waals surface area contributed by atoms with Gasteiger partial charge in [-0.05, 0) is 56.1 Å². The van der Waals surface area contributed by atoms with Crippen molar-refractivity contribution >= 4 is 65.0 Å². The lowest BCUT2D eigenvalue weighted by molar-refractivity contribution is 1.29. The largest absolute Gasteiger partial charge is 0.396 e. The first kappa shape index (κ1) is 12.9. The van der Waals surface area contributed by atoms with Gasteiger partial charge in [0.25, 0.3) is 0 Å². The molecule has 2 aromatic rings. The van der Waals surface area contributed by atoms with Crippen LogP contribution in [0.5, 0.6) is 0 Å². The Bertz CT molecular complexity index is 508. The first-order valence-electron chi connectivity index (χ1n) is 4.69. The number of hydrogen-bond acceptors (Lipinski definition) is 3. The van der Waals surface area contributed by atoms with Crippen LogP contribution in [0, 0.1) is 0 Å². The smallest absolute Gasteiger partial charge is 0.153 e. The monoisotopic (exact) mass is 419 g/mol. The molecular formula is C11H8Br3N3. The molecule has 0 spiro atoms. The highest BCUT2D eigenvalue weighted by Gasteiger charge is 2.05. The Hall–Kier alpha value is -0.590. The van der Waals surface area contributed by atoms with Crippen molar-refractivity contribution < 1.29 is 0 Å². The quantitative estimate of drug-likeness (QED) is 0.739. The van der Waals surface area contributed by atoms with E-state index in [0.29, 0.717) is 11.5 Å². The summed E-state index contributed by atoms with van der Waals surface area (Å²) in [6, 6.07) is 7.65. The molecule has 1 aromatic heterocycles. The van der Waals surface area contributed by atoms with Crippen LogP contribution < -0.4 is 11.1 Å². The zero-order valence-corrected chi connectivity index (χ0v) is 13.3. The van der Waals surface area contributed by atoms with E-state index in [4.69, 9.17) is 5.73 Å². The van der Waals surface area contributed by atoms with E-state index in [0.717, 1.165) is 19.1 Å². The fourth-order valence-corrected chi connectivity index (χ4v) is 2.77. The molecule has 0 saturated heterocycles. The highest BCUT2D eigenvalue weighted by molar-refractivity contribution is 9.11. The van der Waals surface area contributed by atoms with E-state index in [1.807, 2.05) is 24.3 Å². The van der Waals surface area contributed by atoms with Crippen LogP contribution >= 0.6 is 47.8 Å². The molecule has 88 valence electrons. The normalized spacial score (nSPS) is 10.3. The van der Waals surface area contributed by atoms with Crippen LogP contribution in [0.25, 0.3) is 0 Å². The minimum atomic E-state index is 0.592. The SMILES string of the molecule is Nc1cc(Br)cnc1Nc1ccc(Br)cc1Br. The van der Waals surface area contributed by atoms with Crippen LogP contribution in [0.4, 0.5) is 17.2 Å². The fourth-order valence-electron chi connectivity index (χ4n) is 1.28. The maximum Gasteiger partial charge on any atom is 0.153 e. The lowest BCUT2D eigenvalue weighted by Gasteiger charge is -2.10. The molecule has 0 atom stereocenters. The Morgan fingerprint density at radius 3 is 2.47 bits per heavy atom. The zero-order valence-electron chi connectivity index (χ0n) is 8.55. The van der Waals surface area contributed by atoms with Crippen molar-refractivity contribution in [3.8, 4) is 0 Å². The van der Waals surface area contributed by atoms with Gasteiger partial charge in [0, 0.05) is 19.6 Å². The summed E-state index contributed by atoms with van der Waals surface area (Å²) in [5.74, 6) is 0.635. The zero-order chi connectivity index (χ0) is 12.4. The van der Waals surface area contributed by atoms with Gasteiger partial charge in [-0.3, -0.25) is 0 Å². The molecule has 0 amide bonds. The molecule has 0 bridgehead atoms. The number of nitrogens with zero attached hydrogens (tertiary/aromatic N) is 1. The molecule has 0 saturated carbocycles. The van der Waals surface area contributed by atoms with E-state index in [9.17, 15) is 0 Å². The van der Waals surface area contributed by atoms with Gasteiger partial charge in [-0.25, -0.2) is 4.98 Å². The molecule has 0 aliphatic rings. The van der Waals surface area contributed by atoms with Gasteiger partial charge in [0.1, 0.15) is 0 Å². The van der Waals surface area contributed by atoms with Crippen molar-refractivity contribution in [3.63, 3.8) is 0 Å². The summed E-state index contributed by atoms with van der Waals surface area (Å²) in [5.41, 5.74) is 7.37. The van der Waals surface area contributed by atoms with Gasteiger partial charge in [0.05, 0.1) is 11.4 Å². The van der Waals surface area contributed by atoms with Crippen molar-refractivity contribution in [1.82, 2.24) is 4.98 Å². The molecule has 17 heavy (non-hydrogen) atoms. The number of anilines is 3. The number of nitrogens with two attached hydrogens (primary N) is 1. The Kier molecular flexibility index (Phi) is 4.06. The highest BCUT2D eigenvalue weighted by Crippen LogP contribution is 2.30. The first-order valence-corrected chi connectivity index (χ1v) is 7.07. The van der Waals surface area contributed by atoms with Crippen LogP contribution in [-0.2, 0) is 0 Å². The molecule has 0 aliphatic carbocycles. The van der Waals surface area contributed by atoms with Gasteiger partial charge in [-0.2, -0.15) is 0 Å². The number of hydrogen-bond donors (Lipinski definition) is 2. The second kappa shape index (κ2) is 5.37. The molecule has 0 radical (unpaired) electrons. The first-order chi connectivity index (χ1) is 8.06. The number of aromatic nitrogens is 1. The van der Waals surface area contributed by atoms with Crippen molar-refractivity contribution in [2.75, 3.05) is 11.1 Å². The average Bonchev–Trinajstić information content (AvgIpc) is 2.25. The molecule has 2 rings (SSSR count). The third-order valence-corrected chi connectivity index (χ3v) is 3.65. The number of halogens is 3. The number of nitrogens with one attached hydrogen (secondary N) is 1. The van der Waals surface area contributed by atoms with E-state index in [1.165, 1.54) is 0 Å². The highest BCUT2D eigenvalue weighted by atomic mass is 79.9. The molecule has 6 heteroatoms. The van der Waals surface area contributed by atoms with Crippen molar-refractivity contribution in [2.24, 2.45) is 0 Å². The predicted octanol–water partition coefficient (Wildman–Crippen LogP) is 4.69. The van der Waals surface area contributed by atoms with Crippen LogP contribution in [0.2, 0.25) is 0 Å². The molecule has 3 N–H and O–H groups in total. The maximum atomic E-state index is 5.87. The van der Waals surface area contributed by atoms with Gasteiger partial charge in [-0.15, -0.1) is 0 Å². The number of rotatable bonds is 2. The van der Waals surface area contributed by atoms with Crippen molar-refractivity contribution in [3.05, 3.63) is 43.9 Å². The third kappa shape index (κ3) is 3.20. The molecule has 1 heterocycles. The van der Waals surface area contributed by atoms with Crippen molar-refractivity contribution in [2.45, 2.75) is 0 Å². The van der Waals surface area contributed by atoms with Crippen LogP contribution in [0.1, 0.15) is 0 Å². The molecule has 0 fully saturated rings. The van der Waals surface area contributed by atoms with Gasteiger partial charge >= 0.3 is 0 Å². The summed E-state index contributed by atoms with van der Waals surface area (Å²) in [4.78, 5) is 4.22. The van der Waals surface area contributed by atoms with Gasteiger partial charge in [-0.1, -0.05) is 15.9 Å². The van der Waals surface area contributed by atoms with Crippen molar-refractivity contribution in [1.29, 1.82) is 0 Å². The predicted molar refractivity (Wildman–Crippen MR) is 81.5 cm³/mol. The summed E-state index contributed by atoms with van der Waals surface area (Å²) in [5, 5.41) is 3.17. The number of nitrogen functional groups attached to an aromatic ring is 1. The minimum Gasteiger partial charge on any atom is -0.396 e. The van der Waals surface area contributed by atoms with Gasteiger partial charge in [0.15, 0.2) is 5.82 Å². The van der Waals surface area contributed by atoms with Crippen LogP contribution in [0.3, 0.4) is 0 Å². The van der Waals surface area contributed by atoms with E-state index < -0.39 is 0 Å². The second-order valence-electron chi connectivity index (χ2n) is 3.34. The fraction of sp³-hybridized carbons (Fsp3) is 0. The Morgan fingerprint density at radius 2 is 1.82 bits per heavy atom. The lowest BCUT2D eigenvalue weighted by atomic mass is 10.3.